The fourth-order valence-electron chi connectivity index (χ4n) is 3.44. The lowest BCUT2D eigenvalue weighted by Gasteiger charge is -2.15. The standard InChI is InChI=1S/C22H25FN2O4/c1-3-28-19-10-6-15(12-20(19)29-4-2)22(27)24-13-21(26)25-18-9-5-14-11-16(23)7-8-17(14)18/h6-8,10-12,18H,3-5,9,13H2,1-2H3,(H,24,27)(H,25,26). The molecule has 0 radical (unpaired) electrons. The van der Waals surface area contributed by atoms with Crippen molar-refractivity contribution in [2.24, 2.45) is 0 Å². The summed E-state index contributed by atoms with van der Waals surface area (Å²) in [6, 6.07) is 9.35. The minimum absolute atomic E-state index is 0.150. The van der Waals surface area contributed by atoms with Crippen LogP contribution in [0.2, 0.25) is 0 Å². The van der Waals surface area contributed by atoms with E-state index >= 15 is 0 Å². The molecule has 2 aromatic carbocycles. The number of benzene rings is 2. The van der Waals surface area contributed by atoms with E-state index in [0.29, 0.717) is 30.3 Å². The summed E-state index contributed by atoms with van der Waals surface area (Å²) in [7, 11) is 0. The number of halogens is 1. The van der Waals surface area contributed by atoms with Crippen LogP contribution >= 0.6 is 0 Å². The first kappa shape index (κ1) is 20.6. The SMILES string of the molecule is CCOc1ccc(C(=O)NCC(=O)NC2CCc3cc(F)ccc32)cc1OCC. The summed E-state index contributed by atoms with van der Waals surface area (Å²) in [6.45, 7) is 4.50. The summed E-state index contributed by atoms with van der Waals surface area (Å²) in [5.41, 5.74) is 2.22. The molecular weight excluding hydrogens is 375 g/mol. The number of carbonyl (C=O) groups excluding carboxylic acids is 2. The Balaban J connectivity index is 1.57. The van der Waals surface area contributed by atoms with E-state index in [-0.39, 0.29) is 30.2 Å². The number of fused-ring (bicyclic) bond motifs is 1. The highest BCUT2D eigenvalue weighted by Crippen LogP contribution is 2.31. The van der Waals surface area contributed by atoms with Gasteiger partial charge in [-0.15, -0.1) is 0 Å². The van der Waals surface area contributed by atoms with Crippen LogP contribution in [0.4, 0.5) is 4.39 Å². The van der Waals surface area contributed by atoms with E-state index in [9.17, 15) is 14.0 Å². The van der Waals surface area contributed by atoms with Gasteiger partial charge < -0.3 is 20.1 Å². The van der Waals surface area contributed by atoms with Gasteiger partial charge in [0.05, 0.1) is 25.8 Å². The second-order valence-electron chi connectivity index (χ2n) is 6.71. The number of amides is 2. The molecule has 0 spiro atoms. The minimum atomic E-state index is -0.377. The van der Waals surface area contributed by atoms with Gasteiger partial charge in [0, 0.05) is 5.56 Å². The van der Waals surface area contributed by atoms with Crippen LogP contribution < -0.4 is 20.1 Å². The molecule has 0 fully saturated rings. The molecule has 7 heteroatoms. The van der Waals surface area contributed by atoms with Gasteiger partial charge in [0.15, 0.2) is 11.5 Å². The third-order valence-electron chi connectivity index (χ3n) is 4.73. The number of hydrogen-bond donors (Lipinski definition) is 2. The average molecular weight is 400 g/mol. The van der Waals surface area contributed by atoms with Crippen LogP contribution in [0, 0.1) is 5.82 Å². The summed E-state index contributed by atoms with van der Waals surface area (Å²) < 4.78 is 24.3. The second-order valence-corrected chi connectivity index (χ2v) is 6.71. The molecule has 1 unspecified atom stereocenters. The highest BCUT2D eigenvalue weighted by molar-refractivity contribution is 5.97. The molecule has 1 atom stereocenters. The van der Waals surface area contributed by atoms with Gasteiger partial charge in [-0.2, -0.15) is 0 Å². The largest absolute Gasteiger partial charge is 0.490 e. The second kappa shape index (κ2) is 9.41. The fourth-order valence-corrected chi connectivity index (χ4v) is 3.44. The average Bonchev–Trinajstić information content (AvgIpc) is 3.09. The molecular formula is C22H25FN2O4. The molecule has 2 aromatic rings. The van der Waals surface area contributed by atoms with Crippen LogP contribution in [-0.2, 0) is 11.2 Å². The maximum absolute atomic E-state index is 13.3. The van der Waals surface area contributed by atoms with Crippen LogP contribution in [0.5, 0.6) is 11.5 Å². The number of carbonyl (C=O) groups is 2. The maximum atomic E-state index is 13.3. The van der Waals surface area contributed by atoms with E-state index in [4.69, 9.17) is 9.47 Å². The Kier molecular flexibility index (Phi) is 6.69. The van der Waals surface area contributed by atoms with Crippen LogP contribution in [0.1, 0.15) is 47.8 Å². The van der Waals surface area contributed by atoms with Crippen molar-refractivity contribution >= 4 is 11.8 Å². The Bertz CT molecular complexity index is 900. The highest BCUT2D eigenvalue weighted by atomic mass is 19.1. The first-order valence-corrected chi connectivity index (χ1v) is 9.77. The molecule has 0 aromatic heterocycles. The number of nitrogens with one attached hydrogen (secondary N) is 2. The Hall–Kier alpha value is -3.09. The number of hydrogen-bond acceptors (Lipinski definition) is 4. The monoisotopic (exact) mass is 400 g/mol. The van der Waals surface area contributed by atoms with Crippen molar-refractivity contribution in [2.75, 3.05) is 19.8 Å². The highest BCUT2D eigenvalue weighted by Gasteiger charge is 2.24. The first-order valence-electron chi connectivity index (χ1n) is 9.77. The van der Waals surface area contributed by atoms with Crippen LogP contribution in [0.15, 0.2) is 36.4 Å². The molecule has 0 bridgehead atoms. The maximum Gasteiger partial charge on any atom is 0.251 e. The molecule has 2 N–H and O–H groups in total. The molecule has 0 saturated carbocycles. The third kappa shape index (κ3) is 5.04. The topological polar surface area (TPSA) is 76.7 Å². The summed E-state index contributed by atoms with van der Waals surface area (Å²) >= 11 is 0. The molecule has 3 rings (SSSR count). The predicted octanol–water partition coefficient (Wildman–Crippen LogP) is 3.16. The fraction of sp³-hybridized carbons (Fsp3) is 0.364. The van der Waals surface area contributed by atoms with Gasteiger partial charge in [-0.25, -0.2) is 4.39 Å². The zero-order valence-corrected chi connectivity index (χ0v) is 16.6. The molecule has 0 saturated heterocycles. The van der Waals surface area contributed by atoms with Crippen molar-refractivity contribution in [3.8, 4) is 11.5 Å². The number of rotatable bonds is 8. The lowest BCUT2D eigenvalue weighted by Crippen LogP contribution is -2.38. The van der Waals surface area contributed by atoms with Crippen molar-refractivity contribution in [1.82, 2.24) is 10.6 Å². The van der Waals surface area contributed by atoms with E-state index in [0.717, 1.165) is 24.0 Å². The first-order chi connectivity index (χ1) is 14.0. The molecule has 1 aliphatic rings. The number of ether oxygens (including phenoxy) is 2. The summed E-state index contributed by atoms with van der Waals surface area (Å²) in [6.07, 6.45) is 1.44. The van der Waals surface area contributed by atoms with Gasteiger partial charge in [0.1, 0.15) is 5.82 Å². The van der Waals surface area contributed by atoms with Crippen molar-refractivity contribution in [3.05, 3.63) is 58.9 Å². The normalized spacial score (nSPS) is 14.8. The Morgan fingerprint density at radius 2 is 1.83 bits per heavy atom. The van der Waals surface area contributed by atoms with Gasteiger partial charge in [-0.1, -0.05) is 6.07 Å². The molecule has 0 heterocycles. The van der Waals surface area contributed by atoms with Crippen molar-refractivity contribution in [3.63, 3.8) is 0 Å². The molecule has 29 heavy (non-hydrogen) atoms. The van der Waals surface area contributed by atoms with Crippen LogP contribution in [0.3, 0.4) is 0 Å². The lowest BCUT2D eigenvalue weighted by molar-refractivity contribution is -0.120. The predicted molar refractivity (Wildman–Crippen MR) is 107 cm³/mol. The van der Waals surface area contributed by atoms with Crippen molar-refractivity contribution < 1.29 is 23.5 Å². The molecule has 1 aliphatic carbocycles. The van der Waals surface area contributed by atoms with Gasteiger partial charge >= 0.3 is 0 Å². The van der Waals surface area contributed by atoms with E-state index in [1.807, 2.05) is 13.8 Å². The van der Waals surface area contributed by atoms with Gasteiger partial charge in [-0.3, -0.25) is 9.59 Å². The van der Waals surface area contributed by atoms with Crippen molar-refractivity contribution in [1.29, 1.82) is 0 Å². The number of aryl methyl sites for hydroxylation is 1. The van der Waals surface area contributed by atoms with Crippen LogP contribution in [-0.4, -0.2) is 31.6 Å². The van der Waals surface area contributed by atoms with Gasteiger partial charge in [0.25, 0.3) is 5.91 Å². The smallest absolute Gasteiger partial charge is 0.251 e. The lowest BCUT2D eigenvalue weighted by atomic mass is 10.1. The summed E-state index contributed by atoms with van der Waals surface area (Å²) in [5, 5.41) is 5.52. The Morgan fingerprint density at radius 3 is 2.59 bits per heavy atom. The quantitative estimate of drug-likeness (QED) is 0.714. The van der Waals surface area contributed by atoms with E-state index in [2.05, 4.69) is 10.6 Å². The molecule has 0 aliphatic heterocycles. The van der Waals surface area contributed by atoms with Gasteiger partial charge in [-0.05, 0) is 68.1 Å². The molecule has 2 amide bonds. The zero-order chi connectivity index (χ0) is 20.8. The zero-order valence-electron chi connectivity index (χ0n) is 16.6. The van der Waals surface area contributed by atoms with E-state index in [1.165, 1.54) is 12.1 Å². The van der Waals surface area contributed by atoms with Crippen LogP contribution in [0.25, 0.3) is 0 Å². The van der Waals surface area contributed by atoms with E-state index in [1.54, 1.807) is 24.3 Å². The molecule has 154 valence electrons. The summed E-state index contributed by atoms with van der Waals surface area (Å²) in [4.78, 5) is 24.7. The third-order valence-corrected chi connectivity index (χ3v) is 4.73. The van der Waals surface area contributed by atoms with Crippen molar-refractivity contribution in [2.45, 2.75) is 32.7 Å². The van der Waals surface area contributed by atoms with Gasteiger partial charge in [0.2, 0.25) is 5.91 Å². The molecule has 6 nitrogen and oxygen atoms in total. The minimum Gasteiger partial charge on any atom is -0.490 e. The Morgan fingerprint density at radius 1 is 1.07 bits per heavy atom. The Labute approximate surface area is 169 Å². The summed E-state index contributed by atoms with van der Waals surface area (Å²) in [5.74, 6) is 0.112. The van der Waals surface area contributed by atoms with E-state index < -0.39 is 0 Å².